The zero-order valence-electron chi connectivity index (χ0n) is 29.8. The van der Waals surface area contributed by atoms with Gasteiger partial charge in [-0.2, -0.15) is 9.97 Å². The number of rotatable bonds is 6. The van der Waals surface area contributed by atoms with Crippen molar-refractivity contribution >= 4 is 64.8 Å². The number of nitrogens with one attached hydrogen (secondary N) is 3. The highest BCUT2D eigenvalue weighted by Crippen LogP contribution is 2.31. The lowest BCUT2D eigenvalue weighted by Gasteiger charge is -2.32. The van der Waals surface area contributed by atoms with Crippen molar-refractivity contribution in [2.24, 2.45) is 0 Å². The van der Waals surface area contributed by atoms with Crippen LogP contribution in [0.3, 0.4) is 0 Å². The molecular weight excluding hydrogens is 692 g/mol. The summed E-state index contributed by atoms with van der Waals surface area (Å²) in [4.78, 5) is 22.7. The summed E-state index contributed by atoms with van der Waals surface area (Å²) in [5, 5.41) is 25.5. The van der Waals surface area contributed by atoms with Gasteiger partial charge in [0.1, 0.15) is 16.6 Å². The predicted octanol–water partition coefficient (Wildman–Crippen LogP) is 7.53. The molecule has 0 radical (unpaired) electrons. The second-order valence-electron chi connectivity index (χ2n) is 13.9. The highest BCUT2D eigenvalue weighted by molar-refractivity contribution is 5.85. The molecule has 1 amide bonds. The Kier molecular flexibility index (Phi) is 11.0. The molecule has 2 saturated heterocycles. The predicted molar refractivity (Wildman–Crippen MR) is 195 cm³/mol. The van der Waals surface area contributed by atoms with Gasteiger partial charge >= 0.3 is 30.2 Å². The highest BCUT2D eigenvalue weighted by atomic mass is 35.5. The van der Waals surface area contributed by atoms with Crippen LogP contribution in [0.4, 0.5) is 28.9 Å². The van der Waals surface area contributed by atoms with Crippen LogP contribution in [0.15, 0.2) is 54.1 Å². The van der Waals surface area contributed by atoms with Crippen molar-refractivity contribution in [3.05, 3.63) is 59.3 Å². The number of anilines is 4. The smallest absolute Gasteiger partial charge is 0.410 e. The third-order valence-electron chi connectivity index (χ3n) is 8.58. The van der Waals surface area contributed by atoms with Crippen LogP contribution in [0.25, 0.3) is 22.2 Å². The zero-order chi connectivity index (χ0) is 35.5. The number of aromatic nitrogens is 6. The van der Waals surface area contributed by atoms with Crippen LogP contribution in [0.1, 0.15) is 81.2 Å². The first-order valence-corrected chi connectivity index (χ1v) is 17.2. The number of likely N-dealkylation sites (tertiary alicyclic amines) is 1. The summed E-state index contributed by atoms with van der Waals surface area (Å²) >= 11 is 0. The van der Waals surface area contributed by atoms with E-state index in [-0.39, 0.29) is 30.4 Å². The van der Waals surface area contributed by atoms with Crippen LogP contribution in [0.2, 0.25) is 0 Å². The van der Waals surface area contributed by atoms with Crippen LogP contribution in [0, 0.1) is 13.8 Å². The standard InChI is InChI=1S/C20H25N5O4.C15H17N5O2.ClH/c1-12-5-6-15-14(11-12)21-17(27-15)22-18-24-23-16(28-18)13-7-9-25(10-8-13)19(26)29-20(2,3)4;1-9-2-3-12-11(8-9)17-14(21-12)18-15-20-19-13(22-15)10-4-6-16-7-5-10;/h5-6,11,13H,7-10H2,1-4H3,(H,21,22,24);2-3,8,10,16H,4-7H2,1H3,(H,17,18,20);1H. The molecule has 52 heavy (non-hydrogen) atoms. The minimum atomic E-state index is -0.496. The van der Waals surface area contributed by atoms with Crippen molar-refractivity contribution in [2.45, 2.75) is 77.7 Å². The lowest BCUT2D eigenvalue weighted by molar-refractivity contribution is 0.0199. The van der Waals surface area contributed by atoms with Gasteiger partial charge in [-0.15, -0.1) is 22.6 Å². The van der Waals surface area contributed by atoms with E-state index in [0.717, 1.165) is 66.5 Å². The number of halogens is 1. The molecule has 3 N–H and O–H groups in total. The molecule has 8 rings (SSSR count). The van der Waals surface area contributed by atoms with Crippen LogP contribution >= 0.6 is 12.4 Å². The van der Waals surface area contributed by atoms with Gasteiger partial charge in [-0.1, -0.05) is 22.3 Å². The monoisotopic (exact) mass is 734 g/mol. The van der Waals surface area contributed by atoms with E-state index in [9.17, 15) is 4.79 Å². The first-order chi connectivity index (χ1) is 24.5. The Balaban J connectivity index is 0.000000181. The fourth-order valence-corrected chi connectivity index (χ4v) is 5.97. The number of amides is 1. The number of fused-ring (bicyclic) bond motifs is 2. The van der Waals surface area contributed by atoms with Gasteiger partial charge in [0.25, 0.3) is 0 Å². The lowest BCUT2D eigenvalue weighted by Crippen LogP contribution is -2.41. The summed E-state index contributed by atoms with van der Waals surface area (Å²) in [6, 6.07) is 12.9. The number of nitrogens with zero attached hydrogens (tertiary/aromatic N) is 7. The second kappa shape index (κ2) is 15.6. The molecule has 2 aliphatic rings. The molecule has 2 fully saturated rings. The van der Waals surface area contributed by atoms with Crippen molar-refractivity contribution in [2.75, 3.05) is 36.8 Å². The van der Waals surface area contributed by atoms with Crippen molar-refractivity contribution in [3.8, 4) is 0 Å². The SMILES string of the molecule is Cc1ccc2oc(Nc3nnc(C4CCN(C(=O)OC(C)(C)C)CC4)o3)nc2c1.Cc1ccc2oc(Nc3nnc(C4CCNCC4)o3)nc2c1.Cl. The topological polar surface area (TPSA) is 196 Å². The van der Waals surface area contributed by atoms with Gasteiger partial charge in [-0.3, -0.25) is 10.6 Å². The summed E-state index contributed by atoms with van der Waals surface area (Å²) in [6.45, 7) is 12.8. The van der Waals surface area contributed by atoms with Gasteiger partial charge < -0.3 is 32.6 Å². The Morgan fingerprint density at radius 3 is 1.69 bits per heavy atom. The third kappa shape index (κ3) is 8.98. The number of aryl methyl sites for hydroxylation is 2. The summed E-state index contributed by atoms with van der Waals surface area (Å²) in [5.74, 6) is 1.65. The quantitative estimate of drug-likeness (QED) is 0.152. The molecule has 0 unspecified atom stereocenters. The Morgan fingerprint density at radius 1 is 0.731 bits per heavy atom. The minimum Gasteiger partial charge on any atom is -0.444 e. The molecule has 276 valence electrons. The largest absolute Gasteiger partial charge is 0.444 e. The molecule has 17 heteroatoms. The van der Waals surface area contributed by atoms with E-state index in [0.29, 0.717) is 54.4 Å². The van der Waals surface area contributed by atoms with Crippen molar-refractivity contribution in [1.29, 1.82) is 0 Å². The van der Waals surface area contributed by atoms with E-state index in [4.69, 9.17) is 22.4 Å². The van der Waals surface area contributed by atoms with E-state index < -0.39 is 5.60 Å². The Morgan fingerprint density at radius 2 is 1.21 bits per heavy atom. The third-order valence-corrected chi connectivity index (χ3v) is 8.58. The van der Waals surface area contributed by atoms with Crippen LogP contribution in [-0.4, -0.2) is 73.1 Å². The van der Waals surface area contributed by atoms with Gasteiger partial charge in [0.15, 0.2) is 11.2 Å². The van der Waals surface area contributed by atoms with E-state index in [2.05, 4.69) is 46.3 Å². The molecule has 6 aromatic rings. The maximum Gasteiger partial charge on any atom is 0.410 e. The fourth-order valence-electron chi connectivity index (χ4n) is 5.97. The molecule has 0 aliphatic carbocycles. The summed E-state index contributed by atoms with van der Waals surface area (Å²) in [7, 11) is 0. The number of carbonyl (C=O) groups excluding carboxylic acids is 1. The molecule has 16 nitrogen and oxygen atoms in total. The zero-order valence-corrected chi connectivity index (χ0v) is 30.6. The molecule has 6 heterocycles. The Bertz CT molecular complexity index is 2100. The lowest BCUT2D eigenvalue weighted by atomic mass is 9.97. The molecular formula is C35H43ClN10O6. The number of oxazole rings is 2. The average molecular weight is 735 g/mol. The maximum absolute atomic E-state index is 12.2. The van der Waals surface area contributed by atoms with Crippen LogP contribution in [0.5, 0.6) is 0 Å². The van der Waals surface area contributed by atoms with Gasteiger partial charge in [0, 0.05) is 24.9 Å². The van der Waals surface area contributed by atoms with Gasteiger partial charge in [0.05, 0.1) is 0 Å². The second-order valence-corrected chi connectivity index (χ2v) is 13.9. The number of hydrogen-bond donors (Lipinski definition) is 3. The Labute approximate surface area is 305 Å². The molecule has 2 aliphatic heterocycles. The number of piperidine rings is 2. The van der Waals surface area contributed by atoms with E-state index in [1.54, 1.807) is 4.90 Å². The first kappa shape index (κ1) is 36.6. The summed E-state index contributed by atoms with van der Waals surface area (Å²) < 4.78 is 28.1. The highest BCUT2D eigenvalue weighted by Gasteiger charge is 2.30. The summed E-state index contributed by atoms with van der Waals surface area (Å²) in [6.07, 6.45) is 3.23. The van der Waals surface area contributed by atoms with Crippen molar-refractivity contribution in [1.82, 2.24) is 40.6 Å². The van der Waals surface area contributed by atoms with Crippen molar-refractivity contribution in [3.63, 3.8) is 0 Å². The number of ether oxygens (including phenoxy) is 1. The normalized spacial score (nSPS) is 15.6. The molecule has 0 bridgehead atoms. The van der Waals surface area contributed by atoms with E-state index in [1.807, 2.05) is 71.0 Å². The first-order valence-electron chi connectivity index (χ1n) is 17.2. The number of hydrogen-bond acceptors (Lipinski definition) is 15. The number of carbonyl (C=O) groups is 1. The van der Waals surface area contributed by atoms with E-state index >= 15 is 0 Å². The molecule has 2 aromatic carbocycles. The Hall–Kier alpha value is -5.22. The number of benzene rings is 2. The fraction of sp³-hybridized carbons (Fsp3) is 0.457. The van der Waals surface area contributed by atoms with Crippen LogP contribution in [-0.2, 0) is 4.74 Å². The van der Waals surface area contributed by atoms with Gasteiger partial charge in [-0.25, -0.2) is 4.79 Å². The van der Waals surface area contributed by atoms with Crippen LogP contribution < -0.4 is 16.0 Å². The molecule has 0 saturated carbocycles. The average Bonchev–Trinajstić information content (AvgIpc) is 3.92. The molecule has 0 spiro atoms. The van der Waals surface area contributed by atoms with Gasteiger partial charge in [-0.05, 0) is 109 Å². The molecule has 4 aromatic heterocycles. The van der Waals surface area contributed by atoms with E-state index in [1.165, 1.54) is 0 Å². The molecule has 0 atom stereocenters. The maximum atomic E-state index is 12.2. The van der Waals surface area contributed by atoms with Crippen molar-refractivity contribution < 1.29 is 27.2 Å². The minimum absolute atomic E-state index is 0. The van der Waals surface area contributed by atoms with Gasteiger partial charge in [0.2, 0.25) is 11.8 Å². The summed E-state index contributed by atoms with van der Waals surface area (Å²) in [5.41, 5.74) is 4.74.